The lowest BCUT2D eigenvalue weighted by atomic mass is 10.2. The van der Waals surface area contributed by atoms with Gasteiger partial charge in [0.25, 0.3) is 5.91 Å². The van der Waals surface area contributed by atoms with E-state index in [1.54, 1.807) is 25.1 Å². The Morgan fingerprint density at radius 2 is 2.05 bits per heavy atom. The first-order chi connectivity index (χ1) is 9.86. The van der Waals surface area contributed by atoms with Gasteiger partial charge in [0.1, 0.15) is 0 Å². The molecular formula is C14H17N3O3S. The van der Waals surface area contributed by atoms with E-state index in [1.165, 1.54) is 11.3 Å². The van der Waals surface area contributed by atoms with E-state index in [-0.39, 0.29) is 11.9 Å². The number of carbonyl (C=O) groups excluding carboxylic acids is 2. The van der Waals surface area contributed by atoms with Gasteiger partial charge in [0.2, 0.25) is 0 Å². The van der Waals surface area contributed by atoms with Crippen molar-refractivity contribution < 1.29 is 14.3 Å². The fraction of sp³-hybridized carbons (Fsp3) is 0.357. The average molecular weight is 307 g/mol. The summed E-state index contributed by atoms with van der Waals surface area (Å²) in [5.74, 6) is -0.864. The topological polar surface area (TPSA) is 94.3 Å². The molecule has 7 heteroatoms. The Hall–Kier alpha value is -2.15. The first kappa shape index (κ1) is 15.2. The highest BCUT2D eigenvalue weighted by atomic mass is 32.1. The third kappa shape index (κ3) is 3.69. The Morgan fingerprint density at radius 1 is 1.33 bits per heavy atom. The molecule has 0 spiro atoms. The van der Waals surface area contributed by atoms with Gasteiger partial charge in [-0.3, -0.25) is 4.79 Å². The zero-order valence-corrected chi connectivity index (χ0v) is 12.9. The smallest absolute Gasteiger partial charge is 0.338 e. The number of amides is 1. The van der Waals surface area contributed by atoms with E-state index >= 15 is 0 Å². The quantitative estimate of drug-likeness (QED) is 0.842. The molecule has 0 unspecified atom stereocenters. The van der Waals surface area contributed by atoms with Crippen LogP contribution in [0.1, 0.15) is 31.1 Å². The summed E-state index contributed by atoms with van der Waals surface area (Å²) in [7, 11) is 0. The van der Waals surface area contributed by atoms with E-state index in [2.05, 4.69) is 10.3 Å². The van der Waals surface area contributed by atoms with Crippen molar-refractivity contribution in [1.82, 2.24) is 10.3 Å². The Labute approximate surface area is 126 Å². The van der Waals surface area contributed by atoms with Crippen LogP contribution in [-0.2, 0) is 9.53 Å². The van der Waals surface area contributed by atoms with Gasteiger partial charge >= 0.3 is 5.97 Å². The lowest BCUT2D eigenvalue weighted by molar-refractivity contribution is -0.129. The van der Waals surface area contributed by atoms with E-state index in [9.17, 15) is 9.59 Å². The highest BCUT2D eigenvalue weighted by Gasteiger charge is 2.19. The van der Waals surface area contributed by atoms with E-state index in [0.717, 1.165) is 10.2 Å². The molecule has 1 atom stereocenters. The van der Waals surface area contributed by atoms with Crippen LogP contribution in [0.2, 0.25) is 0 Å². The summed E-state index contributed by atoms with van der Waals surface area (Å²) in [6.07, 6.45) is -0.845. The van der Waals surface area contributed by atoms with Crippen molar-refractivity contribution in [2.45, 2.75) is 32.9 Å². The number of aromatic nitrogens is 1. The molecule has 0 aliphatic carbocycles. The Morgan fingerprint density at radius 3 is 2.71 bits per heavy atom. The standard InChI is InChI=1S/C14H17N3O3S/c1-7(2)16-12(18)8(3)20-13(19)9-4-5-10-11(6-9)21-14(15)17-10/h4-8H,1-3H3,(H2,15,17)(H,16,18)/t8-/m0/s1. The second-order valence-electron chi connectivity index (χ2n) is 4.95. The summed E-state index contributed by atoms with van der Waals surface area (Å²) in [5, 5.41) is 3.14. The Balaban J connectivity index is 2.09. The fourth-order valence-electron chi connectivity index (χ4n) is 1.75. The number of benzene rings is 1. The molecule has 3 N–H and O–H groups in total. The number of ether oxygens (including phenoxy) is 1. The van der Waals surface area contributed by atoms with Gasteiger partial charge in [0.05, 0.1) is 15.8 Å². The van der Waals surface area contributed by atoms with Gasteiger partial charge in [-0.25, -0.2) is 9.78 Å². The number of hydrogen-bond donors (Lipinski definition) is 2. The second kappa shape index (κ2) is 6.09. The maximum atomic E-state index is 12.0. The predicted molar refractivity (Wildman–Crippen MR) is 82.2 cm³/mol. The van der Waals surface area contributed by atoms with Crippen LogP contribution in [0.15, 0.2) is 18.2 Å². The van der Waals surface area contributed by atoms with Crippen LogP contribution in [0.25, 0.3) is 10.2 Å². The van der Waals surface area contributed by atoms with Crippen molar-refractivity contribution in [2.75, 3.05) is 5.73 Å². The fourth-order valence-corrected chi connectivity index (χ4v) is 2.53. The number of nitrogen functional groups attached to an aromatic ring is 1. The lowest BCUT2D eigenvalue weighted by Gasteiger charge is -2.15. The van der Waals surface area contributed by atoms with Crippen molar-refractivity contribution in [3.05, 3.63) is 23.8 Å². The third-order valence-corrected chi connectivity index (χ3v) is 3.57. The number of hydrogen-bond acceptors (Lipinski definition) is 6. The minimum Gasteiger partial charge on any atom is -0.449 e. The highest BCUT2D eigenvalue weighted by Crippen LogP contribution is 2.24. The number of anilines is 1. The number of thiazole rings is 1. The number of nitrogens with zero attached hydrogens (tertiary/aromatic N) is 1. The summed E-state index contributed by atoms with van der Waals surface area (Å²) >= 11 is 1.30. The van der Waals surface area contributed by atoms with Crippen molar-refractivity contribution in [3.8, 4) is 0 Å². The van der Waals surface area contributed by atoms with Crippen molar-refractivity contribution in [3.63, 3.8) is 0 Å². The molecule has 0 aliphatic heterocycles. The van der Waals surface area contributed by atoms with Crippen LogP contribution < -0.4 is 11.1 Å². The molecule has 0 aliphatic rings. The largest absolute Gasteiger partial charge is 0.449 e. The van der Waals surface area contributed by atoms with Crippen LogP contribution >= 0.6 is 11.3 Å². The number of rotatable bonds is 4. The molecule has 112 valence electrons. The van der Waals surface area contributed by atoms with Crippen LogP contribution in [0.5, 0.6) is 0 Å². The molecule has 1 heterocycles. The molecule has 0 saturated heterocycles. The van der Waals surface area contributed by atoms with E-state index in [1.807, 2.05) is 13.8 Å². The summed E-state index contributed by atoms with van der Waals surface area (Å²) in [4.78, 5) is 27.9. The molecule has 0 fully saturated rings. The zero-order chi connectivity index (χ0) is 15.6. The Kier molecular flexibility index (Phi) is 4.42. The molecule has 1 aromatic carbocycles. The highest BCUT2D eigenvalue weighted by molar-refractivity contribution is 7.22. The molecule has 6 nitrogen and oxygen atoms in total. The van der Waals surface area contributed by atoms with Gasteiger partial charge in [-0.1, -0.05) is 11.3 Å². The van der Waals surface area contributed by atoms with E-state index in [4.69, 9.17) is 10.5 Å². The van der Waals surface area contributed by atoms with Crippen molar-refractivity contribution in [1.29, 1.82) is 0 Å². The minimum absolute atomic E-state index is 0.00447. The van der Waals surface area contributed by atoms with Gasteiger partial charge < -0.3 is 15.8 Å². The third-order valence-electron chi connectivity index (χ3n) is 2.72. The SMILES string of the molecule is CC(C)NC(=O)[C@H](C)OC(=O)c1ccc2nc(N)sc2c1. The monoisotopic (exact) mass is 307 g/mol. The number of carbonyl (C=O) groups is 2. The average Bonchev–Trinajstić information content (AvgIpc) is 2.76. The summed E-state index contributed by atoms with van der Waals surface area (Å²) < 4.78 is 5.96. The molecular weight excluding hydrogens is 290 g/mol. The van der Waals surface area contributed by atoms with Crippen LogP contribution in [-0.4, -0.2) is 29.0 Å². The normalized spacial score (nSPS) is 12.4. The lowest BCUT2D eigenvalue weighted by Crippen LogP contribution is -2.39. The van der Waals surface area contributed by atoms with E-state index in [0.29, 0.717) is 10.7 Å². The number of esters is 1. The summed E-state index contributed by atoms with van der Waals surface area (Å²) in [5.41, 5.74) is 6.73. The van der Waals surface area contributed by atoms with Crippen molar-refractivity contribution in [2.24, 2.45) is 0 Å². The molecule has 1 aromatic heterocycles. The molecule has 2 rings (SSSR count). The molecule has 0 bridgehead atoms. The van der Waals surface area contributed by atoms with Gasteiger partial charge in [-0.05, 0) is 39.0 Å². The van der Waals surface area contributed by atoms with Crippen LogP contribution in [0.4, 0.5) is 5.13 Å². The molecule has 0 radical (unpaired) electrons. The van der Waals surface area contributed by atoms with Gasteiger partial charge in [-0.15, -0.1) is 0 Å². The summed E-state index contributed by atoms with van der Waals surface area (Å²) in [6, 6.07) is 4.97. The molecule has 1 amide bonds. The second-order valence-corrected chi connectivity index (χ2v) is 6.01. The molecule has 2 aromatic rings. The number of fused-ring (bicyclic) bond motifs is 1. The summed E-state index contributed by atoms with van der Waals surface area (Å²) in [6.45, 7) is 5.22. The zero-order valence-electron chi connectivity index (χ0n) is 12.0. The molecule has 21 heavy (non-hydrogen) atoms. The van der Waals surface area contributed by atoms with Gasteiger partial charge in [-0.2, -0.15) is 0 Å². The maximum absolute atomic E-state index is 12.0. The Bertz CT molecular complexity index is 681. The molecule has 0 saturated carbocycles. The van der Waals surface area contributed by atoms with Crippen molar-refractivity contribution >= 4 is 38.6 Å². The first-order valence-corrected chi connectivity index (χ1v) is 7.36. The van der Waals surface area contributed by atoms with E-state index < -0.39 is 12.1 Å². The van der Waals surface area contributed by atoms with Crippen LogP contribution in [0, 0.1) is 0 Å². The number of nitrogens with two attached hydrogens (primary N) is 1. The van der Waals surface area contributed by atoms with Gasteiger partial charge in [0, 0.05) is 6.04 Å². The van der Waals surface area contributed by atoms with Gasteiger partial charge in [0.15, 0.2) is 11.2 Å². The maximum Gasteiger partial charge on any atom is 0.338 e. The number of nitrogens with one attached hydrogen (secondary N) is 1. The minimum atomic E-state index is -0.845. The first-order valence-electron chi connectivity index (χ1n) is 6.54. The predicted octanol–water partition coefficient (Wildman–Crippen LogP) is 1.95. The van der Waals surface area contributed by atoms with Crippen LogP contribution in [0.3, 0.4) is 0 Å².